The van der Waals surface area contributed by atoms with Crippen molar-refractivity contribution in [3.05, 3.63) is 0 Å². The molecule has 34 heavy (non-hydrogen) atoms. The summed E-state index contributed by atoms with van der Waals surface area (Å²) in [7, 11) is 0. The van der Waals surface area contributed by atoms with E-state index in [2.05, 4.69) is 25.3 Å². The number of hydrogen-bond donors (Lipinski definition) is 2. The van der Waals surface area contributed by atoms with Crippen LogP contribution in [0, 0.1) is 11.8 Å². The monoisotopic (exact) mass is 560 g/mol. The minimum Gasteiger partial charge on any atom is -0.380 e. The molecule has 0 amide bonds. The van der Waals surface area contributed by atoms with Gasteiger partial charge in [-0.15, -0.1) is 0 Å². The van der Waals surface area contributed by atoms with Crippen LogP contribution in [0.5, 0.6) is 0 Å². The highest BCUT2D eigenvalue weighted by Gasteiger charge is 2.21. The minimum absolute atomic E-state index is 0.659. The Morgan fingerprint density at radius 3 is 1.12 bits per heavy atom. The van der Waals surface area contributed by atoms with Crippen molar-refractivity contribution in [2.24, 2.45) is 11.8 Å². The van der Waals surface area contributed by atoms with Gasteiger partial charge in [-0.25, -0.2) is 0 Å². The number of rotatable bonds is 26. The molecule has 204 valence electrons. The molecule has 0 saturated heterocycles. The molecular weight excluding hydrogens is 513 g/mol. The third-order valence-electron chi connectivity index (χ3n) is 5.38. The van der Waals surface area contributed by atoms with Gasteiger partial charge in [-0.2, -0.15) is 48.8 Å². The van der Waals surface area contributed by atoms with Crippen molar-refractivity contribution in [3.8, 4) is 0 Å². The molecule has 0 aromatic carbocycles. The highest BCUT2D eigenvalue weighted by atomic mass is 32.2. The summed E-state index contributed by atoms with van der Waals surface area (Å²) in [5, 5.41) is 0. The van der Waals surface area contributed by atoms with Gasteiger partial charge in [-0.3, -0.25) is 0 Å². The summed E-state index contributed by atoms with van der Waals surface area (Å²) >= 11 is 12.0. The second-order valence-corrected chi connectivity index (χ2v) is 11.5. The van der Waals surface area contributed by atoms with Gasteiger partial charge in [0.05, 0.1) is 66.1 Å². The van der Waals surface area contributed by atoms with Crippen LogP contribution in [0.2, 0.25) is 0 Å². The van der Waals surface area contributed by atoms with Crippen LogP contribution >= 0.6 is 48.8 Å². The smallest absolute Gasteiger partial charge is 0.0700 e. The first kappa shape index (κ1) is 33.2. The van der Waals surface area contributed by atoms with Crippen molar-refractivity contribution in [1.29, 1.82) is 0 Å². The second kappa shape index (κ2) is 27.2. The molecule has 0 spiro atoms. The molecule has 0 bridgehead atoms. The van der Waals surface area contributed by atoms with Crippen molar-refractivity contribution < 1.29 is 28.4 Å². The molecule has 0 aromatic rings. The van der Waals surface area contributed by atoms with E-state index in [0.29, 0.717) is 39.6 Å². The predicted molar refractivity (Wildman–Crippen MR) is 153 cm³/mol. The van der Waals surface area contributed by atoms with E-state index in [-0.39, 0.29) is 0 Å². The molecule has 0 aliphatic heterocycles. The topological polar surface area (TPSA) is 55.4 Å². The molecule has 1 rings (SSSR count). The summed E-state index contributed by atoms with van der Waals surface area (Å²) < 4.78 is 33.5. The number of hydrogen-bond acceptors (Lipinski definition) is 10. The second-order valence-electron chi connectivity index (χ2n) is 8.16. The highest BCUT2D eigenvalue weighted by molar-refractivity contribution is 7.99. The summed E-state index contributed by atoms with van der Waals surface area (Å²) in [6, 6.07) is 0. The molecule has 0 N–H and O–H groups in total. The molecule has 0 atom stereocenters. The van der Waals surface area contributed by atoms with E-state index in [9.17, 15) is 0 Å². The van der Waals surface area contributed by atoms with E-state index < -0.39 is 0 Å². The van der Waals surface area contributed by atoms with Crippen molar-refractivity contribution in [2.75, 3.05) is 114 Å². The maximum atomic E-state index is 5.91. The summed E-state index contributed by atoms with van der Waals surface area (Å²) in [5.74, 6) is 7.07. The Morgan fingerprint density at radius 2 is 0.765 bits per heavy atom. The lowest BCUT2D eigenvalue weighted by atomic mass is 9.83. The van der Waals surface area contributed by atoms with Gasteiger partial charge >= 0.3 is 0 Å². The Balaban J connectivity index is 1.77. The Bertz CT molecular complexity index is 368. The Kier molecular flexibility index (Phi) is 26.6. The molecular formula is C24H48O6S4. The largest absolute Gasteiger partial charge is 0.380 e. The van der Waals surface area contributed by atoms with E-state index in [1.54, 1.807) is 0 Å². The lowest BCUT2D eigenvalue weighted by Crippen LogP contribution is -2.22. The Hall–Kier alpha value is 1.16. The fraction of sp³-hybridized carbons (Fsp3) is 1.00. The van der Waals surface area contributed by atoms with Gasteiger partial charge in [0, 0.05) is 47.7 Å². The van der Waals surface area contributed by atoms with Crippen molar-refractivity contribution in [3.63, 3.8) is 0 Å². The molecule has 0 radical (unpaired) electrons. The van der Waals surface area contributed by atoms with Gasteiger partial charge in [0.15, 0.2) is 0 Å². The van der Waals surface area contributed by atoms with Crippen molar-refractivity contribution in [2.45, 2.75) is 25.7 Å². The van der Waals surface area contributed by atoms with Gasteiger partial charge in [-0.05, 0) is 37.5 Å². The molecule has 1 fully saturated rings. The SMILES string of the molecule is SCCOCCOCCSCCOCC1CCC(COCCSCCOCCOCCS)CC1. The summed E-state index contributed by atoms with van der Waals surface area (Å²) in [6.07, 6.45) is 5.09. The summed E-state index contributed by atoms with van der Waals surface area (Å²) in [5.41, 5.74) is 0. The van der Waals surface area contributed by atoms with Gasteiger partial charge in [0.1, 0.15) is 0 Å². The van der Waals surface area contributed by atoms with E-state index >= 15 is 0 Å². The van der Waals surface area contributed by atoms with Gasteiger partial charge < -0.3 is 28.4 Å². The van der Waals surface area contributed by atoms with Crippen LogP contribution < -0.4 is 0 Å². The van der Waals surface area contributed by atoms with Gasteiger partial charge in [0.25, 0.3) is 0 Å². The van der Waals surface area contributed by atoms with Crippen LogP contribution in [0.3, 0.4) is 0 Å². The Labute approximate surface area is 227 Å². The zero-order valence-electron chi connectivity index (χ0n) is 20.9. The van der Waals surface area contributed by atoms with Crippen LogP contribution in [0.15, 0.2) is 0 Å². The standard InChI is InChI=1S/C24H48O6S4/c31-15-9-25-5-7-27-11-17-33-19-13-29-21-23-1-2-24(4-3-23)22-30-14-20-34-18-12-28-8-6-26-10-16-32/h23-24,31-32H,1-22H2. The molecule has 1 aliphatic rings. The van der Waals surface area contributed by atoms with Crippen LogP contribution in [0.4, 0.5) is 0 Å². The molecule has 1 saturated carbocycles. The van der Waals surface area contributed by atoms with E-state index in [4.69, 9.17) is 28.4 Å². The summed E-state index contributed by atoms with van der Waals surface area (Å²) in [4.78, 5) is 0. The maximum absolute atomic E-state index is 5.91. The molecule has 6 nitrogen and oxygen atoms in total. The average Bonchev–Trinajstić information content (AvgIpc) is 2.86. The number of ether oxygens (including phenoxy) is 6. The summed E-state index contributed by atoms with van der Waals surface area (Å²) in [6.45, 7) is 9.09. The van der Waals surface area contributed by atoms with E-state index in [1.807, 2.05) is 23.5 Å². The van der Waals surface area contributed by atoms with Crippen molar-refractivity contribution >= 4 is 48.8 Å². The van der Waals surface area contributed by atoms with Crippen molar-refractivity contribution in [1.82, 2.24) is 0 Å². The lowest BCUT2D eigenvalue weighted by Gasteiger charge is -2.28. The van der Waals surface area contributed by atoms with Gasteiger partial charge in [0.2, 0.25) is 0 Å². The molecule has 0 heterocycles. The molecule has 0 unspecified atom stereocenters. The van der Waals surface area contributed by atoms with E-state index in [1.165, 1.54) is 25.7 Å². The first-order valence-electron chi connectivity index (χ1n) is 12.7. The number of thiol groups is 2. The first-order chi connectivity index (χ1) is 16.9. The molecule has 10 heteroatoms. The highest BCUT2D eigenvalue weighted by Crippen LogP contribution is 2.29. The lowest BCUT2D eigenvalue weighted by molar-refractivity contribution is 0.0579. The fourth-order valence-corrected chi connectivity index (χ4v) is 5.12. The quantitative estimate of drug-likeness (QED) is 0.121. The Morgan fingerprint density at radius 1 is 0.441 bits per heavy atom. The third kappa shape index (κ3) is 22.4. The molecule has 0 aromatic heterocycles. The average molecular weight is 561 g/mol. The zero-order valence-corrected chi connectivity index (χ0v) is 24.3. The fourth-order valence-electron chi connectivity index (χ4n) is 3.51. The normalized spacial score (nSPS) is 18.5. The van der Waals surface area contributed by atoms with Crippen LogP contribution in [-0.4, -0.2) is 114 Å². The van der Waals surface area contributed by atoms with Crippen LogP contribution in [0.1, 0.15) is 25.7 Å². The molecule has 1 aliphatic carbocycles. The maximum Gasteiger partial charge on any atom is 0.0700 e. The number of thioether (sulfide) groups is 2. The minimum atomic E-state index is 0.659. The van der Waals surface area contributed by atoms with Crippen LogP contribution in [0.25, 0.3) is 0 Å². The zero-order chi connectivity index (χ0) is 24.4. The predicted octanol–water partition coefficient (Wildman–Crippen LogP) is 4.22. The van der Waals surface area contributed by atoms with Crippen LogP contribution in [-0.2, 0) is 28.4 Å². The first-order valence-corrected chi connectivity index (χ1v) is 16.3. The van der Waals surface area contributed by atoms with Gasteiger partial charge in [-0.1, -0.05) is 0 Å². The third-order valence-corrected chi connectivity index (χ3v) is 7.56. The van der Waals surface area contributed by atoms with E-state index in [0.717, 1.165) is 86.0 Å².